The zero-order valence-electron chi connectivity index (χ0n) is 8.55. The predicted molar refractivity (Wildman–Crippen MR) is 54.5 cm³/mol. The van der Waals surface area contributed by atoms with Crippen LogP contribution in [0.2, 0.25) is 0 Å². The van der Waals surface area contributed by atoms with E-state index in [0.717, 1.165) is 32.1 Å². The monoisotopic (exact) mass is 180 g/mol. The van der Waals surface area contributed by atoms with Crippen molar-refractivity contribution in [2.24, 2.45) is 5.92 Å². The van der Waals surface area contributed by atoms with E-state index < -0.39 is 0 Å². The average molecular weight is 180 g/mol. The molecule has 0 amide bonds. The highest BCUT2D eigenvalue weighted by molar-refractivity contribution is 5.10. The van der Waals surface area contributed by atoms with Gasteiger partial charge in [0.1, 0.15) is 0 Å². The maximum Gasteiger partial charge on any atom is 0.0681 e. The number of rotatable bonds is 2. The van der Waals surface area contributed by atoms with Gasteiger partial charge in [0.2, 0.25) is 0 Å². The quantitative estimate of drug-likeness (QED) is 0.648. The van der Waals surface area contributed by atoms with Gasteiger partial charge >= 0.3 is 0 Å². The molecule has 1 nitrogen and oxygen atoms in total. The van der Waals surface area contributed by atoms with Crippen molar-refractivity contribution in [1.82, 2.24) is 0 Å². The normalized spacial score (nSPS) is 34.8. The van der Waals surface area contributed by atoms with Gasteiger partial charge in [-0.1, -0.05) is 18.6 Å². The molecule has 0 heterocycles. The van der Waals surface area contributed by atoms with Gasteiger partial charge in [-0.3, -0.25) is 0 Å². The predicted octanol–water partition coefficient (Wildman–Crippen LogP) is 3.04. The van der Waals surface area contributed by atoms with Gasteiger partial charge in [-0.25, -0.2) is 0 Å². The molecule has 0 spiro atoms. The first-order valence-corrected chi connectivity index (χ1v) is 5.65. The fourth-order valence-corrected chi connectivity index (χ4v) is 2.53. The van der Waals surface area contributed by atoms with Crippen LogP contribution in [0.4, 0.5) is 0 Å². The van der Waals surface area contributed by atoms with Crippen molar-refractivity contribution < 1.29 is 5.11 Å². The third kappa shape index (κ3) is 1.96. The van der Waals surface area contributed by atoms with Gasteiger partial charge in [0.15, 0.2) is 0 Å². The fraction of sp³-hybridized carbons (Fsp3) is 0.833. The van der Waals surface area contributed by atoms with Gasteiger partial charge in [0.25, 0.3) is 0 Å². The minimum Gasteiger partial charge on any atom is -0.390 e. The van der Waals surface area contributed by atoms with Crippen LogP contribution in [0.3, 0.4) is 0 Å². The van der Waals surface area contributed by atoms with Crippen LogP contribution in [0.25, 0.3) is 0 Å². The third-order valence-corrected chi connectivity index (χ3v) is 3.59. The molecule has 2 fully saturated rings. The van der Waals surface area contributed by atoms with Gasteiger partial charge in [-0.2, -0.15) is 0 Å². The molecule has 2 aliphatic rings. The number of hydrogen-bond donors (Lipinski definition) is 1. The molecule has 0 aromatic rings. The zero-order chi connectivity index (χ0) is 9.31. The first-order valence-electron chi connectivity index (χ1n) is 5.65. The number of hydrogen-bond acceptors (Lipinski definition) is 1. The fourth-order valence-electron chi connectivity index (χ4n) is 2.53. The standard InChI is InChI=1S/C12H20O/c1-2-3-10-6-8-12(13,9-7-10)11-4-5-11/h3,11,13H,2,4-9H2,1H3. The second kappa shape index (κ2) is 3.45. The summed E-state index contributed by atoms with van der Waals surface area (Å²) in [4.78, 5) is 0. The smallest absolute Gasteiger partial charge is 0.0681 e. The molecule has 1 heteroatoms. The second-order valence-electron chi connectivity index (χ2n) is 4.65. The van der Waals surface area contributed by atoms with Gasteiger partial charge in [-0.05, 0) is 50.9 Å². The molecule has 2 aliphatic carbocycles. The molecule has 2 rings (SSSR count). The molecule has 0 unspecified atom stereocenters. The molecule has 0 aliphatic heterocycles. The van der Waals surface area contributed by atoms with E-state index >= 15 is 0 Å². The van der Waals surface area contributed by atoms with Crippen LogP contribution in [0.15, 0.2) is 11.6 Å². The summed E-state index contributed by atoms with van der Waals surface area (Å²) in [5.74, 6) is 0.649. The molecule has 74 valence electrons. The second-order valence-corrected chi connectivity index (χ2v) is 4.65. The highest BCUT2D eigenvalue weighted by Crippen LogP contribution is 2.47. The van der Waals surface area contributed by atoms with Crippen LogP contribution >= 0.6 is 0 Å². The zero-order valence-corrected chi connectivity index (χ0v) is 8.55. The first kappa shape index (κ1) is 9.26. The Morgan fingerprint density at radius 1 is 1.38 bits per heavy atom. The van der Waals surface area contributed by atoms with Crippen molar-refractivity contribution in [2.75, 3.05) is 0 Å². The van der Waals surface area contributed by atoms with Crippen molar-refractivity contribution in [3.63, 3.8) is 0 Å². The molecule has 0 bridgehead atoms. The lowest BCUT2D eigenvalue weighted by atomic mass is 9.79. The molecule has 0 radical (unpaired) electrons. The Kier molecular flexibility index (Phi) is 2.46. The highest BCUT2D eigenvalue weighted by atomic mass is 16.3. The first-order chi connectivity index (χ1) is 6.24. The van der Waals surface area contributed by atoms with Gasteiger partial charge in [-0.15, -0.1) is 0 Å². The van der Waals surface area contributed by atoms with Crippen molar-refractivity contribution >= 4 is 0 Å². The van der Waals surface area contributed by atoms with E-state index in [9.17, 15) is 5.11 Å². The number of aliphatic hydroxyl groups is 1. The van der Waals surface area contributed by atoms with Gasteiger partial charge in [0.05, 0.1) is 5.60 Å². The Hall–Kier alpha value is -0.300. The summed E-state index contributed by atoms with van der Waals surface area (Å²) in [6.07, 6.45) is 10.3. The van der Waals surface area contributed by atoms with Crippen molar-refractivity contribution in [3.8, 4) is 0 Å². The molecule has 13 heavy (non-hydrogen) atoms. The topological polar surface area (TPSA) is 20.2 Å². The minimum absolute atomic E-state index is 0.273. The van der Waals surface area contributed by atoms with E-state index in [1.54, 1.807) is 5.57 Å². The van der Waals surface area contributed by atoms with Gasteiger partial charge < -0.3 is 5.11 Å². The SMILES string of the molecule is CCC=C1CCC(O)(C2CC2)CC1. The van der Waals surface area contributed by atoms with Crippen LogP contribution in [0.5, 0.6) is 0 Å². The van der Waals surface area contributed by atoms with Crippen LogP contribution in [-0.2, 0) is 0 Å². The van der Waals surface area contributed by atoms with Crippen LogP contribution in [0, 0.1) is 5.92 Å². The largest absolute Gasteiger partial charge is 0.390 e. The summed E-state index contributed by atoms with van der Waals surface area (Å²) in [5.41, 5.74) is 1.30. The van der Waals surface area contributed by atoms with Crippen LogP contribution in [0.1, 0.15) is 51.9 Å². The minimum atomic E-state index is -0.273. The van der Waals surface area contributed by atoms with Crippen molar-refractivity contribution in [2.45, 2.75) is 57.5 Å². The summed E-state index contributed by atoms with van der Waals surface area (Å²) < 4.78 is 0. The lowest BCUT2D eigenvalue weighted by Crippen LogP contribution is -2.34. The van der Waals surface area contributed by atoms with E-state index in [-0.39, 0.29) is 5.60 Å². The Balaban J connectivity index is 1.91. The summed E-state index contributed by atoms with van der Waals surface area (Å²) >= 11 is 0. The van der Waals surface area contributed by atoms with Crippen molar-refractivity contribution in [3.05, 3.63) is 11.6 Å². The molecular formula is C12H20O. The average Bonchev–Trinajstić information content (AvgIpc) is 2.92. The molecule has 0 atom stereocenters. The highest BCUT2D eigenvalue weighted by Gasteiger charge is 2.44. The van der Waals surface area contributed by atoms with Crippen LogP contribution < -0.4 is 0 Å². The molecule has 0 saturated heterocycles. The Morgan fingerprint density at radius 2 is 2.00 bits per heavy atom. The van der Waals surface area contributed by atoms with E-state index in [1.165, 1.54) is 12.8 Å². The molecule has 2 saturated carbocycles. The molecule has 0 aromatic heterocycles. The van der Waals surface area contributed by atoms with Crippen LogP contribution in [-0.4, -0.2) is 10.7 Å². The Bertz CT molecular complexity index is 203. The van der Waals surface area contributed by atoms with E-state index in [1.807, 2.05) is 0 Å². The summed E-state index contributed by atoms with van der Waals surface area (Å²) in [5, 5.41) is 10.3. The van der Waals surface area contributed by atoms with Gasteiger partial charge in [0, 0.05) is 0 Å². The third-order valence-electron chi connectivity index (χ3n) is 3.59. The van der Waals surface area contributed by atoms with E-state index in [0.29, 0.717) is 5.92 Å². The summed E-state index contributed by atoms with van der Waals surface area (Å²) in [6, 6.07) is 0. The summed E-state index contributed by atoms with van der Waals surface area (Å²) in [7, 11) is 0. The molecular weight excluding hydrogens is 160 g/mol. The summed E-state index contributed by atoms with van der Waals surface area (Å²) in [6.45, 7) is 2.19. The number of allylic oxidation sites excluding steroid dienone is 2. The Morgan fingerprint density at radius 3 is 2.46 bits per heavy atom. The molecule has 1 N–H and O–H groups in total. The van der Waals surface area contributed by atoms with E-state index in [2.05, 4.69) is 13.0 Å². The molecule has 0 aromatic carbocycles. The van der Waals surface area contributed by atoms with E-state index in [4.69, 9.17) is 0 Å². The lowest BCUT2D eigenvalue weighted by molar-refractivity contribution is -0.00773. The Labute approximate surface area is 80.8 Å². The lowest BCUT2D eigenvalue weighted by Gasteiger charge is -2.33. The van der Waals surface area contributed by atoms with Crippen molar-refractivity contribution in [1.29, 1.82) is 0 Å². The maximum absolute atomic E-state index is 10.3. The maximum atomic E-state index is 10.3.